The zero-order valence-electron chi connectivity index (χ0n) is 13.1. The lowest BCUT2D eigenvalue weighted by molar-refractivity contribution is 0.295. The van der Waals surface area contributed by atoms with Gasteiger partial charge >= 0.3 is 0 Å². The average molecular weight is 301 g/mol. The van der Waals surface area contributed by atoms with Crippen molar-refractivity contribution in [2.24, 2.45) is 5.73 Å². The fourth-order valence-corrected chi connectivity index (χ4v) is 2.14. The van der Waals surface area contributed by atoms with Gasteiger partial charge in [-0.1, -0.05) is 26.0 Å². The lowest BCUT2D eigenvalue weighted by Gasteiger charge is -2.09. The van der Waals surface area contributed by atoms with Crippen LogP contribution in [-0.2, 0) is 13.0 Å². The number of rotatable bonds is 7. The summed E-state index contributed by atoms with van der Waals surface area (Å²) in [5.74, 6) is 1.79. The molecule has 0 saturated carbocycles. The maximum atomic E-state index is 11.6. The summed E-state index contributed by atoms with van der Waals surface area (Å²) in [6.07, 6.45) is 1.52. The normalized spacial score (nSPS) is 10.9. The molecule has 0 saturated heterocycles. The summed E-state index contributed by atoms with van der Waals surface area (Å²) < 4.78 is 5.68. The van der Waals surface area contributed by atoms with Gasteiger partial charge in [0.25, 0.3) is 5.56 Å². The third-order valence-electron chi connectivity index (χ3n) is 3.40. The summed E-state index contributed by atoms with van der Waals surface area (Å²) in [7, 11) is 0. The number of nitrogens with zero attached hydrogens (tertiary/aromatic N) is 1. The third kappa shape index (κ3) is 4.70. The molecule has 2 aromatic rings. The number of aromatic nitrogens is 2. The molecule has 1 aromatic carbocycles. The van der Waals surface area contributed by atoms with E-state index in [1.807, 2.05) is 24.3 Å². The minimum Gasteiger partial charge on any atom is -0.486 e. The molecule has 5 heteroatoms. The van der Waals surface area contributed by atoms with Crippen molar-refractivity contribution in [2.45, 2.75) is 39.2 Å². The molecular formula is C17H23N3O2. The maximum Gasteiger partial charge on any atom is 0.251 e. The number of aryl methyl sites for hydroxylation is 1. The van der Waals surface area contributed by atoms with Gasteiger partial charge in [-0.25, -0.2) is 4.98 Å². The van der Waals surface area contributed by atoms with Gasteiger partial charge < -0.3 is 15.5 Å². The van der Waals surface area contributed by atoms with Crippen molar-refractivity contribution in [1.29, 1.82) is 0 Å². The highest BCUT2D eigenvalue weighted by Crippen LogP contribution is 2.19. The Labute approximate surface area is 130 Å². The quantitative estimate of drug-likeness (QED) is 0.822. The monoisotopic (exact) mass is 301 g/mol. The number of H-pyrrole nitrogens is 1. The summed E-state index contributed by atoms with van der Waals surface area (Å²) in [6, 6.07) is 9.48. The van der Waals surface area contributed by atoms with Crippen LogP contribution in [0.25, 0.3) is 0 Å². The molecule has 2 rings (SSSR count). The minimum absolute atomic E-state index is 0.157. The molecule has 0 atom stereocenters. The third-order valence-corrected chi connectivity index (χ3v) is 3.40. The molecule has 5 nitrogen and oxygen atoms in total. The highest BCUT2D eigenvalue weighted by atomic mass is 16.5. The van der Waals surface area contributed by atoms with Gasteiger partial charge in [-0.3, -0.25) is 4.79 Å². The van der Waals surface area contributed by atoms with Crippen molar-refractivity contribution in [3.8, 4) is 5.75 Å². The number of hydrogen-bond acceptors (Lipinski definition) is 4. The van der Waals surface area contributed by atoms with E-state index in [9.17, 15) is 4.79 Å². The zero-order valence-corrected chi connectivity index (χ0v) is 13.1. The Morgan fingerprint density at radius 2 is 2.00 bits per heavy atom. The minimum atomic E-state index is -0.157. The van der Waals surface area contributed by atoms with E-state index in [0.29, 0.717) is 24.7 Å². The summed E-state index contributed by atoms with van der Waals surface area (Å²) in [4.78, 5) is 18.7. The van der Waals surface area contributed by atoms with Crippen LogP contribution in [-0.4, -0.2) is 16.5 Å². The second kappa shape index (κ2) is 7.75. The smallest absolute Gasteiger partial charge is 0.251 e. The van der Waals surface area contributed by atoms with Crippen molar-refractivity contribution in [3.05, 3.63) is 57.8 Å². The first-order valence-corrected chi connectivity index (χ1v) is 7.60. The zero-order chi connectivity index (χ0) is 15.9. The van der Waals surface area contributed by atoms with Crippen LogP contribution >= 0.6 is 0 Å². The van der Waals surface area contributed by atoms with Gasteiger partial charge in [0.15, 0.2) is 0 Å². The van der Waals surface area contributed by atoms with Gasteiger partial charge in [0.2, 0.25) is 0 Å². The molecule has 1 aromatic heterocycles. The summed E-state index contributed by atoms with van der Waals surface area (Å²) in [6.45, 7) is 5.13. The molecule has 22 heavy (non-hydrogen) atoms. The molecule has 0 radical (unpaired) electrons. The van der Waals surface area contributed by atoms with Gasteiger partial charge in [0.05, 0.1) is 0 Å². The van der Waals surface area contributed by atoms with Crippen LogP contribution in [0.5, 0.6) is 5.75 Å². The topological polar surface area (TPSA) is 81.0 Å². The highest BCUT2D eigenvalue weighted by Gasteiger charge is 2.04. The second-order valence-corrected chi connectivity index (χ2v) is 5.59. The fraction of sp³-hybridized carbons (Fsp3) is 0.412. The summed E-state index contributed by atoms with van der Waals surface area (Å²) >= 11 is 0. The molecule has 0 amide bonds. The summed E-state index contributed by atoms with van der Waals surface area (Å²) in [5, 5.41) is 0. The molecule has 0 aliphatic carbocycles. The number of ether oxygens (including phenoxy) is 1. The highest BCUT2D eigenvalue weighted by molar-refractivity contribution is 5.28. The van der Waals surface area contributed by atoms with E-state index in [-0.39, 0.29) is 12.2 Å². The first-order valence-electron chi connectivity index (χ1n) is 7.60. The van der Waals surface area contributed by atoms with Crippen LogP contribution < -0.4 is 16.0 Å². The van der Waals surface area contributed by atoms with E-state index in [0.717, 1.165) is 17.9 Å². The van der Waals surface area contributed by atoms with E-state index in [2.05, 4.69) is 23.8 Å². The lowest BCUT2D eigenvalue weighted by Crippen LogP contribution is -2.15. The SMILES string of the molecule is CC(C)c1ccc(OCc2nc(CCCN)cc(=O)[nH]2)cc1. The molecule has 3 N–H and O–H groups in total. The maximum absolute atomic E-state index is 11.6. The Kier molecular flexibility index (Phi) is 5.72. The Hall–Kier alpha value is -2.14. The predicted molar refractivity (Wildman–Crippen MR) is 87.1 cm³/mol. The van der Waals surface area contributed by atoms with E-state index < -0.39 is 0 Å². The van der Waals surface area contributed by atoms with Crippen LogP contribution in [0, 0.1) is 0 Å². The first kappa shape index (κ1) is 16.2. The molecular weight excluding hydrogens is 278 g/mol. The van der Waals surface area contributed by atoms with E-state index in [4.69, 9.17) is 10.5 Å². The van der Waals surface area contributed by atoms with Crippen LogP contribution in [0.2, 0.25) is 0 Å². The standard InChI is InChI=1S/C17H23N3O2/c1-12(2)13-5-7-15(8-6-13)22-11-16-19-14(4-3-9-18)10-17(21)20-16/h5-8,10,12H,3-4,9,11,18H2,1-2H3,(H,19,20,21). The van der Waals surface area contributed by atoms with E-state index >= 15 is 0 Å². The molecule has 0 fully saturated rings. The average Bonchev–Trinajstić information content (AvgIpc) is 2.51. The van der Waals surface area contributed by atoms with E-state index in [1.54, 1.807) is 0 Å². The van der Waals surface area contributed by atoms with Gasteiger partial charge in [-0.05, 0) is 43.0 Å². The molecule has 0 bridgehead atoms. The van der Waals surface area contributed by atoms with Crippen LogP contribution in [0.15, 0.2) is 35.1 Å². The molecule has 0 spiro atoms. The van der Waals surface area contributed by atoms with Crippen molar-refractivity contribution < 1.29 is 4.74 Å². The Morgan fingerprint density at radius 1 is 1.27 bits per heavy atom. The van der Waals surface area contributed by atoms with Crippen LogP contribution in [0.3, 0.4) is 0 Å². The number of nitrogens with one attached hydrogen (secondary N) is 1. The van der Waals surface area contributed by atoms with Gasteiger partial charge in [-0.15, -0.1) is 0 Å². The summed E-state index contributed by atoms with van der Waals surface area (Å²) in [5.41, 5.74) is 7.34. The van der Waals surface area contributed by atoms with Crippen LogP contribution in [0.1, 0.15) is 43.3 Å². The lowest BCUT2D eigenvalue weighted by atomic mass is 10.0. The van der Waals surface area contributed by atoms with Crippen molar-refractivity contribution in [1.82, 2.24) is 9.97 Å². The number of hydrogen-bond donors (Lipinski definition) is 2. The Morgan fingerprint density at radius 3 is 2.64 bits per heavy atom. The number of aromatic amines is 1. The van der Waals surface area contributed by atoms with Crippen molar-refractivity contribution in [3.63, 3.8) is 0 Å². The molecule has 1 heterocycles. The molecule has 0 aliphatic rings. The van der Waals surface area contributed by atoms with E-state index in [1.165, 1.54) is 11.6 Å². The fourth-order valence-electron chi connectivity index (χ4n) is 2.14. The first-order chi connectivity index (χ1) is 10.6. The largest absolute Gasteiger partial charge is 0.486 e. The van der Waals surface area contributed by atoms with Gasteiger partial charge in [0, 0.05) is 11.8 Å². The Bertz CT molecular complexity index is 648. The number of benzene rings is 1. The Balaban J connectivity index is 2.01. The molecule has 0 unspecified atom stereocenters. The van der Waals surface area contributed by atoms with Crippen molar-refractivity contribution >= 4 is 0 Å². The second-order valence-electron chi connectivity index (χ2n) is 5.59. The van der Waals surface area contributed by atoms with Gasteiger partial charge in [0.1, 0.15) is 18.2 Å². The van der Waals surface area contributed by atoms with Crippen molar-refractivity contribution in [2.75, 3.05) is 6.54 Å². The van der Waals surface area contributed by atoms with Gasteiger partial charge in [-0.2, -0.15) is 0 Å². The van der Waals surface area contributed by atoms with Crippen LogP contribution in [0.4, 0.5) is 0 Å². The number of nitrogens with two attached hydrogens (primary N) is 1. The predicted octanol–water partition coefficient (Wildman–Crippen LogP) is 2.36. The molecule has 0 aliphatic heterocycles. The molecule has 118 valence electrons.